The Kier molecular flexibility index (Phi) is 9.86. The lowest BCUT2D eigenvalue weighted by molar-refractivity contribution is -0.144. The van der Waals surface area contributed by atoms with Gasteiger partial charge in [0.05, 0.1) is 33.4 Å². The van der Waals surface area contributed by atoms with Gasteiger partial charge in [0.15, 0.2) is 22.9 Å². The molecule has 0 aliphatic heterocycles. The number of nitrogens with zero attached hydrogens (tertiary/aromatic N) is 2. The summed E-state index contributed by atoms with van der Waals surface area (Å²) < 4.78 is 175. The van der Waals surface area contributed by atoms with Gasteiger partial charge in [0.2, 0.25) is 0 Å². The molecule has 0 amide bonds. The minimum atomic E-state index is -5.36. The van der Waals surface area contributed by atoms with Gasteiger partial charge in [-0.3, -0.25) is 0 Å². The van der Waals surface area contributed by atoms with Crippen LogP contribution >= 0.6 is 0 Å². The normalized spacial score (nSPS) is 12.6. The number of rotatable bonds is 2. The van der Waals surface area contributed by atoms with Crippen molar-refractivity contribution in [3.63, 3.8) is 0 Å². The van der Waals surface area contributed by atoms with Gasteiger partial charge in [0.25, 0.3) is 0 Å². The van der Waals surface area contributed by atoms with Gasteiger partial charge in [-0.15, -0.1) is 0 Å². The summed E-state index contributed by atoms with van der Waals surface area (Å²) in [6, 6.07) is 1.44. The minimum absolute atomic E-state index is 0.144. The van der Waals surface area contributed by atoms with Gasteiger partial charge in [-0.05, 0) is 24.3 Å². The van der Waals surface area contributed by atoms with E-state index in [2.05, 4.69) is 9.97 Å². The molecule has 0 unspecified atom stereocenters. The van der Waals surface area contributed by atoms with Crippen molar-refractivity contribution >= 4 is 22.2 Å². The Morgan fingerprint density at radius 1 is 0.478 bits per heavy atom. The highest BCUT2D eigenvalue weighted by Gasteiger charge is 2.42. The van der Waals surface area contributed by atoms with Crippen LogP contribution in [0, 0.1) is 13.8 Å². The Morgan fingerprint density at radius 2 is 0.783 bits per heavy atom. The standard InChI is InChI=1S/C26H12F12N2O2.2C2H6/c1-9-39-19-17(13-5-3-11(23(27,28)29)7-15(13)25(33,34)35)22-20(40-10(2)42-22)18(21(19)41-9)14-6-4-12(24(30,31)32)8-16(14)26(36,37)38;2*1-2/h3-8H,1-2H3;2*1-2H3. The van der Waals surface area contributed by atoms with E-state index in [1.807, 2.05) is 27.7 Å². The van der Waals surface area contributed by atoms with Gasteiger partial charge >= 0.3 is 24.7 Å². The molecule has 4 nitrogen and oxygen atoms in total. The van der Waals surface area contributed by atoms with Gasteiger partial charge in [-0.1, -0.05) is 39.8 Å². The topological polar surface area (TPSA) is 52.1 Å². The quantitative estimate of drug-likeness (QED) is 0.175. The van der Waals surface area contributed by atoms with Crippen LogP contribution in [0.3, 0.4) is 0 Å². The van der Waals surface area contributed by atoms with E-state index in [4.69, 9.17) is 8.83 Å². The molecule has 5 rings (SSSR count). The van der Waals surface area contributed by atoms with Crippen molar-refractivity contribution in [3.05, 3.63) is 70.4 Å². The molecule has 2 heterocycles. The second-order valence-corrected chi connectivity index (χ2v) is 9.08. The number of hydrogen-bond acceptors (Lipinski definition) is 4. The second-order valence-electron chi connectivity index (χ2n) is 9.08. The maximum atomic E-state index is 14.1. The van der Waals surface area contributed by atoms with E-state index in [-0.39, 0.29) is 23.9 Å². The van der Waals surface area contributed by atoms with Crippen molar-refractivity contribution in [1.29, 1.82) is 0 Å². The molecule has 0 N–H and O–H groups in total. The predicted octanol–water partition coefficient (Wildman–Crippen LogP) is 12.0. The van der Waals surface area contributed by atoms with Crippen LogP contribution in [0.15, 0.2) is 45.2 Å². The van der Waals surface area contributed by atoms with Crippen molar-refractivity contribution < 1.29 is 61.5 Å². The third-order valence-corrected chi connectivity index (χ3v) is 6.24. The van der Waals surface area contributed by atoms with E-state index >= 15 is 0 Å². The van der Waals surface area contributed by atoms with Crippen LogP contribution in [0.25, 0.3) is 44.5 Å². The molecule has 16 heteroatoms. The summed E-state index contributed by atoms with van der Waals surface area (Å²) in [5.74, 6) is -0.587. The fourth-order valence-corrected chi connectivity index (χ4v) is 4.59. The van der Waals surface area contributed by atoms with Gasteiger partial charge in [-0.2, -0.15) is 52.7 Å². The number of aromatic nitrogens is 2. The van der Waals surface area contributed by atoms with Gasteiger partial charge in [-0.25, -0.2) is 9.97 Å². The molecule has 5 aromatic rings. The number of oxazole rings is 2. The molecule has 250 valence electrons. The van der Waals surface area contributed by atoms with Crippen molar-refractivity contribution in [3.8, 4) is 22.3 Å². The van der Waals surface area contributed by atoms with Crippen LogP contribution in [0.2, 0.25) is 0 Å². The van der Waals surface area contributed by atoms with Crippen LogP contribution in [0.5, 0.6) is 0 Å². The van der Waals surface area contributed by atoms with Crippen molar-refractivity contribution in [2.45, 2.75) is 66.2 Å². The lowest BCUT2D eigenvalue weighted by atomic mass is 9.90. The highest BCUT2D eigenvalue weighted by molar-refractivity contribution is 6.16. The first kappa shape index (κ1) is 36.2. The molecule has 0 spiro atoms. The molecule has 0 saturated carbocycles. The molecular weight excluding hydrogens is 648 g/mol. The first-order valence-electron chi connectivity index (χ1n) is 13.5. The van der Waals surface area contributed by atoms with Crippen LogP contribution < -0.4 is 0 Å². The highest BCUT2D eigenvalue weighted by Crippen LogP contribution is 2.50. The summed E-state index contributed by atoms with van der Waals surface area (Å²) in [5, 5.41) is 0. The van der Waals surface area contributed by atoms with Crippen LogP contribution in [0.1, 0.15) is 61.7 Å². The van der Waals surface area contributed by atoms with E-state index in [9.17, 15) is 52.7 Å². The maximum Gasteiger partial charge on any atom is 0.417 e. The summed E-state index contributed by atoms with van der Waals surface area (Å²) in [7, 11) is 0. The van der Waals surface area contributed by atoms with Gasteiger partial charge in [0.1, 0.15) is 11.0 Å². The molecule has 0 radical (unpaired) electrons. The molecule has 3 aromatic carbocycles. The molecule has 0 aliphatic carbocycles. The third-order valence-electron chi connectivity index (χ3n) is 6.24. The van der Waals surface area contributed by atoms with E-state index in [0.717, 1.165) is 0 Å². The lowest BCUT2D eigenvalue weighted by Crippen LogP contribution is -2.13. The zero-order chi connectivity index (χ0) is 35.2. The summed E-state index contributed by atoms with van der Waals surface area (Å²) in [6.45, 7) is 10.4. The Labute approximate surface area is 253 Å². The Balaban J connectivity index is 0.00000139. The summed E-state index contributed by atoms with van der Waals surface area (Å²) >= 11 is 0. The first-order valence-corrected chi connectivity index (χ1v) is 13.5. The summed E-state index contributed by atoms with van der Waals surface area (Å²) in [4.78, 5) is 7.95. The number of benzene rings is 3. The van der Waals surface area contributed by atoms with Crippen LogP contribution in [-0.2, 0) is 24.7 Å². The van der Waals surface area contributed by atoms with Crippen molar-refractivity contribution in [1.82, 2.24) is 9.97 Å². The van der Waals surface area contributed by atoms with Crippen LogP contribution in [-0.4, -0.2) is 9.97 Å². The van der Waals surface area contributed by atoms with E-state index < -0.39 is 91.4 Å². The molecule has 0 aliphatic rings. The van der Waals surface area contributed by atoms with Crippen molar-refractivity contribution in [2.24, 2.45) is 0 Å². The third kappa shape index (κ3) is 6.79. The summed E-state index contributed by atoms with van der Waals surface area (Å²) in [5.41, 5.74) is -12.1. The zero-order valence-electron chi connectivity index (χ0n) is 24.7. The Hall–Kier alpha value is -4.24. The average molecular weight is 673 g/mol. The average Bonchev–Trinajstić information content (AvgIpc) is 3.52. The minimum Gasteiger partial charge on any atom is -0.440 e. The van der Waals surface area contributed by atoms with Gasteiger partial charge in [0, 0.05) is 25.0 Å². The number of hydrogen-bond donors (Lipinski definition) is 0. The number of fused-ring (bicyclic) bond motifs is 2. The van der Waals surface area contributed by atoms with Crippen molar-refractivity contribution in [2.75, 3.05) is 0 Å². The summed E-state index contributed by atoms with van der Waals surface area (Å²) in [6.07, 6.45) is -21.0. The molecule has 0 saturated heterocycles. The molecule has 2 aromatic heterocycles. The van der Waals surface area contributed by atoms with Gasteiger partial charge < -0.3 is 8.83 Å². The second kappa shape index (κ2) is 12.5. The number of halogens is 12. The SMILES string of the molecule is CC.CC.Cc1nc2c(-c3ccc(C(F)(F)F)cc3C(F)(F)F)c3oc(C)nc3c(-c3ccc(C(F)(F)F)cc3C(F)(F)F)c2o1. The molecule has 46 heavy (non-hydrogen) atoms. The highest BCUT2D eigenvalue weighted by atomic mass is 19.4. The molecular formula is C30H24F12N2O2. The monoisotopic (exact) mass is 672 g/mol. The molecule has 0 fully saturated rings. The molecule has 0 bridgehead atoms. The first-order chi connectivity index (χ1) is 21.2. The Bertz CT molecular complexity index is 1670. The number of alkyl halides is 12. The fraction of sp³-hybridized carbons (Fsp3) is 0.333. The largest absolute Gasteiger partial charge is 0.440 e. The Morgan fingerprint density at radius 3 is 1.04 bits per heavy atom. The fourth-order valence-electron chi connectivity index (χ4n) is 4.59. The molecule has 0 atom stereocenters. The zero-order valence-corrected chi connectivity index (χ0v) is 24.7. The van der Waals surface area contributed by atoms with E-state index in [0.29, 0.717) is 24.3 Å². The van der Waals surface area contributed by atoms with E-state index in [1.54, 1.807) is 0 Å². The lowest BCUT2D eigenvalue weighted by Gasteiger charge is -2.18. The van der Waals surface area contributed by atoms with Crippen LogP contribution in [0.4, 0.5) is 52.7 Å². The number of aryl methyl sites for hydroxylation is 2. The predicted molar refractivity (Wildman–Crippen MR) is 145 cm³/mol. The smallest absolute Gasteiger partial charge is 0.417 e. The van der Waals surface area contributed by atoms with E-state index in [1.165, 1.54) is 13.8 Å². The maximum absolute atomic E-state index is 14.1.